The van der Waals surface area contributed by atoms with Crippen LogP contribution in [0.5, 0.6) is 11.6 Å². The van der Waals surface area contributed by atoms with Crippen LogP contribution in [-0.4, -0.2) is 23.5 Å². The van der Waals surface area contributed by atoms with E-state index < -0.39 is 0 Å². The number of ketones is 1. The number of carbonyl (C=O) groups is 1. The standard InChI is InChI=1S/C25H27NO3/c1-16-13-18(14-17(2)23(16)29-25(3,4)5)11-12-22(27)20-15-19-9-7-8-10-21(19)26-24(20)28-6/h7-15H,1-6H3/b12-11+. The fourth-order valence-corrected chi connectivity index (χ4v) is 3.24. The lowest BCUT2D eigenvalue weighted by Crippen LogP contribution is -2.24. The highest BCUT2D eigenvalue weighted by Gasteiger charge is 2.16. The van der Waals surface area contributed by atoms with Crippen LogP contribution in [0.25, 0.3) is 17.0 Å². The maximum Gasteiger partial charge on any atom is 0.225 e. The van der Waals surface area contributed by atoms with Crippen LogP contribution in [-0.2, 0) is 0 Å². The van der Waals surface area contributed by atoms with Crippen molar-refractivity contribution in [2.45, 2.75) is 40.2 Å². The van der Waals surface area contributed by atoms with E-state index in [0.717, 1.165) is 33.3 Å². The zero-order valence-corrected chi connectivity index (χ0v) is 17.9. The number of allylic oxidation sites excluding steroid dienone is 1. The summed E-state index contributed by atoms with van der Waals surface area (Å²) in [4.78, 5) is 17.3. The molecule has 0 fully saturated rings. The molecule has 0 aliphatic carbocycles. The highest BCUT2D eigenvalue weighted by Crippen LogP contribution is 2.29. The first-order valence-electron chi connectivity index (χ1n) is 9.64. The van der Waals surface area contributed by atoms with Crippen molar-refractivity contribution in [1.82, 2.24) is 4.98 Å². The zero-order valence-electron chi connectivity index (χ0n) is 17.9. The molecule has 0 bridgehead atoms. The summed E-state index contributed by atoms with van der Waals surface area (Å²) in [7, 11) is 1.53. The molecule has 150 valence electrons. The van der Waals surface area contributed by atoms with Crippen molar-refractivity contribution < 1.29 is 14.3 Å². The lowest BCUT2D eigenvalue weighted by Gasteiger charge is -2.24. The number of methoxy groups -OCH3 is 1. The minimum Gasteiger partial charge on any atom is -0.488 e. The number of aryl methyl sites for hydroxylation is 2. The number of hydrogen-bond donors (Lipinski definition) is 0. The van der Waals surface area contributed by atoms with Gasteiger partial charge in [0.2, 0.25) is 5.88 Å². The van der Waals surface area contributed by atoms with Gasteiger partial charge in [0.25, 0.3) is 0 Å². The van der Waals surface area contributed by atoms with Gasteiger partial charge in [-0.1, -0.05) is 24.3 Å². The molecule has 4 heteroatoms. The Bertz CT molecular complexity index is 1070. The number of nitrogens with zero attached hydrogens (tertiary/aromatic N) is 1. The third-order valence-electron chi connectivity index (χ3n) is 4.47. The van der Waals surface area contributed by atoms with Crippen LogP contribution in [0, 0.1) is 13.8 Å². The number of carbonyl (C=O) groups excluding carboxylic acids is 1. The van der Waals surface area contributed by atoms with Gasteiger partial charge in [-0.15, -0.1) is 0 Å². The van der Waals surface area contributed by atoms with Gasteiger partial charge >= 0.3 is 0 Å². The lowest BCUT2D eigenvalue weighted by atomic mass is 10.0. The zero-order chi connectivity index (χ0) is 21.2. The van der Waals surface area contributed by atoms with E-state index in [4.69, 9.17) is 9.47 Å². The summed E-state index contributed by atoms with van der Waals surface area (Å²) in [5.74, 6) is 1.08. The van der Waals surface area contributed by atoms with Gasteiger partial charge < -0.3 is 9.47 Å². The maximum absolute atomic E-state index is 12.8. The van der Waals surface area contributed by atoms with Gasteiger partial charge in [-0.3, -0.25) is 4.79 Å². The summed E-state index contributed by atoms with van der Waals surface area (Å²) in [6.45, 7) is 10.1. The lowest BCUT2D eigenvalue weighted by molar-refractivity contribution is 0.104. The molecule has 0 aliphatic rings. The number of fused-ring (bicyclic) bond motifs is 1. The second-order valence-electron chi connectivity index (χ2n) is 8.13. The first-order valence-corrected chi connectivity index (χ1v) is 9.64. The molecular formula is C25H27NO3. The van der Waals surface area contributed by atoms with Gasteiger partial charge in [0.05, 0.1) is 18.2 Å². The first-order chi connectivity index (χ1) is 13.7. The number of hydrogen-bond acceptors (Lipinski definition) is 4. The van der Waals surface area contributed by atoms with Gasteiger partial charge in [-0.2, -0.15) is 0 Å². The van der Waals surface area contributed by atoms with Crippen molar-refractivity contribution >= 4 is 22.8 Å². The third-order valence-corrected chi connectivity index (χ3v) is 4.47. The monoisotopic (exact) mass is 389 g/mol. The topological polar surface area (TPSA) is 48.4 Å². The van der Waals surface area contributed by atoms with Gasteiger partial charge in [-0.25, -0.2) is 4.98 Å². The van der Waals surface area contributed by atoms with Gasteiger partial charge in [-0.05, 0) is 81.7 Å². The van der Waals surface area contributed by atoms with Gasteiger partial charge in [0, 0.05) is 5.39 Å². The highest BCUT2D eigenvalue weighted by atomic mass is 16.5. The Morgan fingerprint density at radius 3 is 2.31 bits per heavy atom. The van der Waals surface area contributed by atoms with Crippen molar-refractivity contribution in [2.24, 2.45) is 0 Å². The molecule has 4 nitrogen and oxygen atoms in total. The molecule has 0 amide bonds. The van der Waals surface area contributed by atoms with E-state index in [-0.39, 0.29) is 11.4 Å². The van der Waals surface area contributed by atoms with Crippen molar-refractivity contribution in [2.75, 3.05) is 7.11 Å². The summed E-state index contributed by atoms with van der Waals surface area (Å²) < 4.78 is 11.4. The fraction of sp³-hybridized carbons (Fsp3) is 0.280. The molecule has 29 heavy (non-hydrogen) atoms. The molecular weight excluding hydrogens is 362 g/mol. The molecule has 1 aromatic heterocycles. The summed E-state index contributed by atoms with van der Waals surface area (Å²) in [5, 5.41) is 0.903. The van der Waals surface area contributed by atoms with Gasteiger partial charge in [0.1, 0.15) is 11.4 Å². The molecule has 3 rings (SSSR count). The van der Waals surface area contributed by atoms with Crippen LogP contribution in [0.4, 0.5) is 0 Å². The van der Waals surface area contributed by atoms with Crippen molar-refractivity contribution in [3.8, 4) is 11.6 Å². The summed E-state index contributed by atoms with van der Waals surface area (Å²) >= 11 is 0. The van der Waals surface area contributed by atoms with E-state index in [2.05, 4.69) is 4.98 Å². The van der Waals surface area contributed by atoms with Crippen LogP contribution in [0.1, 0.15) is 47.8 Å². The fourth-order valence-electron chi connectivity index (χ4n) is 3.24. The smallest absolute Gasteiger partial charge is 0.225 e. The molecule has 0 spiro atoms. The van der Waals surface area contributed by atoms with E-state index in [9.17, 15) is 4.79 Å². The van der Waals surface area contributed by atoms with E-state index in [1.165, 1.54) is 7.11 Å². The molecule has 1 heterocycles. The molecule has 0 N–H and O–H groups in total. The minimum atomic E-state index is -0.261. The average Bonchev–Trinajstić information content (AvgIpc) is 2.67. The number of aromatic nitrogens is 1. The second kappa shape index (κ2) is 8.08. The van der Waals surface area contributed by atoms with Gasteiger partial charge in [0.15, 0.2) is 5.78 Å². The van der Waals surface area contributed by atoms with E-state index >= 15 is 0 Å². The maximum atomic E-state index is 12.8. The Kier molecular flexibility index (Phi) is 5.73. The molecule has 2 aromatic carbocycles. The first kappa shape index (κ1) is 20.6. The normalized spacial score (nSPS) is 11.8. The molecule has 0 radical (unpaired) electrons. The van der Waals surface area contributed by atoms with Crippen molar-refractivity contribution in [1.29, 1.82) is 0 Å². The molecule has 0 unspecified atom stereocenters. The minimum absolute atomic E-state index is 0.148. The Hall–Kier alpha value is -3.14. The molecule has 0 atom stereocenters. The molecule has 3 aromatic rings. The number of para-hydroxylation sites is 1. The predicted molar refractivity (Wildman–Crippen MR) is 118 cm³/mol. The average molecular weight is 389 g/mol. The van der Waals surface area contributed by atoms with Crippen molar-refractivity contribution in [3.63, 3.8) is 0 Å². The number of pyridine rings is 1. The van der Waals surface area contributed by atoms with Crippen LogP contribution in [0.2, 0.25) is 0 Å². The second-order valence-corrected chi connectivity index (χ2v) is 8.13. The number of rotatable bonds is 5. The number of ether oxygens (including phenoxy) is 2. The summed E-state index contributed by atoms with van der Waals surface area (Å²) in [6, 6.07) is 13.5. The van der Waals surface area contributed by atoms with Crippen LogP contribution in [0.15, 0.2) is 48.5 Å². The highest BCUT2D eigenvalue weighted by molar-refractivity contribution is 6.10. The van der Waals surface area contributed by atoms with Crippen LogP contribution in [0.3, 0.4) is 0 Å². The largest absolute Gasteiger partial charge is 0.488 e. The summed E-state index contributed by atoms with van der Waals surface area (Å²) in [6.07, 6.45) is 3.38. The third kappa shape index (κ3) is 4.83. The van der Waals surface area contributed by atoms with E-state index in [1.54, 1.807) is 6.08 Å². The van der Waals surface area contributed by atoms with Crippen LogP contribution < -0.4 is 9.47 Å². The van der Waals surface area contributed by atoms with E-state index in [0.29, 0.717) is 11.4 Å². The Labute approximate surface area is 172 Å². The summed E-state index contributed by atoms with van der Waals surface area (Å²) in [5.41, 5.74) is 4.01. The Balaban J connectivity index is 1.90. The SMILES string of the molecule is COc1nc2ccccc2cc1C(=O)/C=C/c1cc(C)c(OC(C)(C)C)c(C)c1. The predicted octanol–water partition coefficient (Wildman–Crippen LogP) is 5.93. The Morgan fingerprint density at radius 2 is 1.69 bits per heavy atom. The molecule has 0 aliphatic heterocycles. The van der Waals surface area contributed by atoms with Crippen LogP contribution >= 0.6 is 0 Å². The number of benzene rings is 2. The van der Waals surface area contributed by atoms with E-state index in [1.807, 2.05) is 83.2 Å². The molecule has 0 saturated carbocycles. The Morgan fingerprint density at radius 1 is 1.03 bits per heavy atom. The van der Waals surface area contributed by atoms with Crippen molar-refractivity contribution in [3.05, 3.63) is 70.8 Å². The quantitative estimate of drug-likeness (QED) is 0.401. The molecule has 0 saturated heterocycles.